The number of allylic oxidation sites excluding steroid dienone is 1. The van der Waals surface area contributed by atoms with Gasteiger partial charge < -0.3 is 14.4 Å². The highest BCUT2D eigenvalue weighted by molar-refractivity contribution is 5.69. The number of hydrogen-bond donors (Lipinski definition) is 0. The Kier molecular flexibility index (Phi) is 7.71. The maximum absolute atomic E-state index is 11.2. The summed E-state index contributed by atoms with van der Waals surface area (Å²) in [7, 11) is 1.42. The zero-order valence-electron chi connectivity index (χ0n) is 14.0. The van der Waals surface area contributed by atoms with Crippen LogP contribution in [0.4, 0.5) is 0 Å². The summed E-state index contributed by atoms with van der Waals surface area (Å²) in [5.74, 6) is 1.40. The number of methoxy groups -OCH3 is 1. The summed E-state index contributed by atoms with van der Waals surface area (Å²) in [5, 5.41) is 0. The first-order valence-electron chi connectivity index (χ1n) is 7.94. The molecule has 0 bridgehead atoms. The third-order valence-electron chi connectivity index (χ3n) is 3.66. The Bertz CT molecular complexity index is 422. The molecular weight excluding hydrogens is 280 g/mol. The number of ether oxygens (including phenoxy) is 2. The summed E-state index contributed by atoms with van der Waals surface area (Å²) < 4.78 is 10.2. The molecule has 0 atom stereocenters. The lowest BCUT2D eigenvalue weighted by molar-refractivity contribution is -0.142. The Hall–Kier alpha value is -1.78. The molecular formula is C17H28N2O3. The highest BCUT2D eigenvalue weighted by Gasteiger charge is 2.29. The smallest absolute Gasteiger partial charge is 0.305 e. The average molecular weight is 308 g/mol. The summed E-state index contributed by atoms with van der Waals surface area (Å²) in [6.45, 7) is 13.9. The molecule has 5 heteroatoms. The van der Waals surface area contributed by atoms with E-state index in [0.717, 1.165) is 18.8 Å². The Balaban J connectivity index is 0.00000116. The molecule has 0 radical (unpaired) electrons. The SMILES string of the molecule is C=N/C(=C\C(=C)N1CC(CC(=O)OC)C1)OCC1CC1.CC. The van der Waals surface area contributed by atoms with Crippen molar-refractivity contribution in [2.75, 3.05) is 26.8 Å². The van der Waals surface area contributed by atoms with Crippen molar-refractivity contribution in [2.24, 2.45) is 16.8 Å². The topological polar surface area (TPSA) is 51.1 Å². The lowest BCUT2D eigenvalue weighted by atomic mass is 9.96. The monoisotopic (exact) mass is 308 g/mol. The van der Waals surface area contributed by atoms with Crippen molar-refractivity contribution in [3.63, 3.8) is 0 Å². The minimum atomic E-state index is -0.156. The number of likely N-dealkylation sites (tertiary alicyclic amines) is 1. The molecule has 0 amide bonds. The fraction of sp³-hybridized carbons (Fsp3) is 0.647. The van der Waals surface area contributed by atoms with Crippen LogP contribution < -0.4 is 0 Å². The van der Waals surface area contributed by atoms with Crippen LogP contribution in [0.15, 0.2) is 29.2 Å². The van der Waals surface area contributed by atoms with E-state index in [4.69, 9.17) is 4.74 Å². The van der Waals surface area contributed by atoms with Crippen molar-refractivity contribution in [1.82, 2.24) is 4.90 Å². The van der Waals surface area contributed by atoms with E-state index in [0.29, 0.717) is 30.7 Å². The first kappa shape index (κ1) is 18.3. The van der Waals surface area contributed by atoms with E-state index in [1.807, 2.05) is 19.9 Å². The van der Waals surface area contributed by atoms with Crippen LogP contribution in [0, 0.1) is 11.8 Å². The van der Waals surface area contributed by atoms with Gasteiger partial charge in [0, 0.05) is 30.8 Å². The third kappa shape index (κ3) is 5.92. The van der Waals surface area contributed by atoms with Gasteiger partial charge >= 0.3 is 5.97 Å². The summed E-state index contributed by atoms with van der Waals surface area (Å²) >= 11 is 0. The quantitative estimate of drug-likeness (QED) is 0.299. The van der Waals surface area contributed by atoms with Crippen LogP contribution in [0.25, 0.3) is 0 Å². The zero-order valence-corrected chi connectivity index (χ0v) is 14.0. The van der Waals surface area contributed by atoms with Gasteiger partial charge in [-0.1, -0.05) is 20.4 Å². The first-order valence-corrected chi connectivity index (χ1v) is 7.94. The van der Waals surface area contributed by atoms with Gasteiger partial charge in [0.05, 0.1) is 20.1 Å². The molecule has 2 aliphatic rings. The second-order valence-corrected chi connectivity index (χ2v) is 5.44. The van der Waals surface area contributed by atoms with E-state index in [2.05, 4.69) is 27.9 Å². The first-order chi connectivity index (χ1) is 10.6. The summed E-state index contributed by atoms with van der Waals surface area (Å²) in [4.78, 5) is 17.1. The van der Waals surface area contributed by atoms with Gasteiger partial charge in [0.2, 0.25) is 5.88 Å². The largest absolute Gasteiger partial charge is 0.477 e. The molecule has 0 unspecified atom stereocenters. The fourth-order valence-electron chi connectivity index (χ4n) is 2.11. The minimum Gasteiger partial charge on any atom is -0.477 e. The second kappa shape index (κ2) is 9.28. The molecule has 1 heterocycles. The lowest BCUT2D eigenvalue weighted by Crippen LogP contribution is -2.46. The lowest BCUT2D eigenvalue weighted by Gasteiger charge is -2.40. The Labute approximate surface area is 133 Å². The molecule has 0 aromatic carbocycles. The van der Waals surface area contributed by atoms with E-state index in [9.17, 15) is 4.79 Å². The number of nitrogens with zero attached hydrogens (tertiary/aromatic N) is 2. The predicted octanol–water partition coefficient (Wildman–Crippen LogP) is 2.99. The molecule has 0 spiro atoms. The van der Waals surface area contributed by atoms with Crippen LogP contribution in [0.5, 0.6) is 0 Å². The van der Waals surface area contributed by atoms with Crippen LogP contribution in [-0.4, -0.2) is 44.4 Å². The molecule has 2 fully saturated rings. The van der Waals surface area contributed by atoms with Crippen molar-refractivity contribution in [3.05, 3.63) is 24.2 Å². The van der Waals surface area contributed by atoms with E-state index in [-0.39, 0.29) is 5.97 Å². The molecule has 5 nitrogen and oxygen atoms in total. The maximum atomic E-state index is 11.2. The summed E-state index contributed by atoms with van der Waals surface area (Å²) in [6.07, 6.45) is 4.76. The van der Waals surface area contributed by atoms with E-state index >= 15 is 0 Å². The van der Waals surface area contributed by atoms with E-state index in [1.54, 1.807) is 0 Å². The Morgan fingerprint density at radius 2 is 1.95 bits per heavy atom. The molecule has 1 saturated heterocycles. The van der Waals surface area contributed by atoms with Crippen molar-refractivity contribution in [3.8, 4) is 0 Å². The van der Waals surface area contributed by atoms with Crippen LogP contribution >= 0.6 is 0 Å². The summed E-state index contributed by atoms with van der Waals surface area (Å²) in [5.41, 5.74) is 0.851. The van der Waals surface area contributed by atoms with E-state index < -0.39 is 0 Å². The van der Waals surface area contributed by atoms with Gasteiger partial charge in [-0.3, -0.25) is 4.79 Å². The highest BCUT2D eigenvalue weighted by atomic mass is 16.5. The van der Waals surface area contributed by atoms with Crippen molar-refractivity contribution in [1.29, 1.82) is 0 Å². The molecule has 0 aromatic heterocycles. The van der Waals surface area contributed by atoms with Crippen molar-refractivity contribution in [2.45, 2.75) is 33.1 Å². The fourth-order valence-corrected chi connectivity index (χ4v) is 2.11. The summed E-state index contributed by atoms with van der Waals surface area (Å²) in [6, 6.07) is 0. The Morgan fingerprint density at radius 3 is 2.45 bits per heavy atom. The van der Waals surface area contributed by atoms with Gasteiger partial charge in [-0.25, -0.2) is 4.99 Å². The van der Waals surface area contributed by atoms with Gasteiger partial charge in [-0.15, -0.1) is 0 Å². The number of hydrogen-bond acceptors (Lipinski definition) is 5. The minimum absolute atomic E-state index is 0.156. The van der Waals surface area contributed by atoms with Gasteiger partial charge in [0.25, 0.3) is 0 Å². The Morgan fingerprint density at radius 1 is 1.32 bits per heavy atom. The number of carbonyl (C=O) groups is 1. The molecule has 1 aliphatic heterocycles. The number of esters is 1. The van der Waals surface area contributed by atoms with Crippen LogP contribution in [0.1, 0.15) is 33.1 Å². The number of rotatable bonds is 8. The highest BCUT2D eigenvalue weighted by Crippen LogP contribution is 2.30. The van der Waals surface area contributed by atoms with Gasteiger partial charge in [-0.05, 0) is 25.5 Å². The molecule has 22 heavy (non-hydrogen) atoms. The molecule has 124 valence electrons. The molecule has 0 N–H and O–H groups in total. The van der Waals surface area contributed by atoms with Crippen LogP contribution in [0.3, 0.4) is 0 Å². The van der Waals surface area contributed by atoms with Crippen LogP contribution in [0.2, 0.25) is 0 Å². The normalized spacial score (nSPS) is 17.8. The third-order valence-corrected chi connectivity index (χ3v) is 3.66. The predicted molar refractivity (Wildman–Crippen MR) is 88.5 cm³/mol. The molecule has 1 saturated carbocycles. The zero-order chi connectivity index (χ0) is 16.5. The van der Waals surface area contributed by atoms with Gasteiger partial charge in [0.15, 0.2) is 0 Å². The van der Waals surface area contributed by atoms with Crippen LogP contribution in [-0.2, 0) is 14.3 Å². The number of carbonyl (C=O) groups excluding carboxylic acids is 1. The molecule has 1 aliphatic carbocycles. The average Bonchev–Trinajstić information content (AvgIpc) is 3.32. The molecule has 0 aromatic rings. The van der Waals surface area contributed by atoms with Gasteiger partial charge in [-0.2, -0.15) is 0 Å². The number of aliphatic imine (C=N–C) groups is 1. The second-order valence-electron chi connectivity index (χ2n) is 5.44. The standard InChI is InChI=1S/C15H22N2O3.C2H6/c1-11(6-14(16-2)20-10-12-4-5-12)17-8-13(9-17)7-15(18)19-3;1-2/h6,12-13H,1-2,4-5,7-10H2,3H3;1-2H3/b14-6+;. The molecule has 2 rings (SSSR count). The van der Waals surface area contributed by atoms with Crippen molar-refractivity contribution >= 4 is 12.7 Å². The maximum Gasteiger partial charge on any atom is 0.305 e. The van der Waals surface area contributed by atoms with Gasteiger partial charge in [0.1, 0.15) is 0 Å². The van der Waals surface area contributed by atoms with E-state index in [1.165, 1.54) is 20.0 Å². The van der Waals surface area contributed by atoms with Crippen molar-refractivity contribution < 1.29 is 14.3 Å².